The molecule has 0 radical (unpaired) electrons. The van der Waals surface area contributed by atoms with E-state index in [-0.39, 0.29) is 31.2 Å². The van der Waals surface area contributed by atoms with Crippen molar-refractivity contribution in [1.82, 2.24) is 8.61 Å². The summed E-state index contributed by atoms with van der Waals surface area (Å²) >= 11 is 0. The lowest BCUT2D eigenvalue weighted by atomic mass is 9.89. The van der Waals surface area contributed by atoms with Crippen LogP contribution in [0, 0.1) is 0 Å². The fraction of sp³-hybridized carbons (Fsp3) is 0.296. The second-order valence-electron chi connectivity index (χ2n) is 9.15. The number of aliphatic hydroxyl groups is 1. The van der Waals surface area contributed by atoms with E-state index in [0.717, 1.165) is 22.3 Å². The summed E-state index contributed by atoms with van der Waals surface area (Å²) in [7, 11) is -4.16. The van der Waals surface area contributed by atoms with E-state index in [2.05, 4.69) is 4.72 Å². The third-order valence-electron chi connectivity index (χ3n) is 6.71. The van der Waals surface area contributed by atoms with Crippen molar-refractivity contribution in [2.75, 3.05) is 13.3 Å². The number of carbonyl (C=O) groups is 1. The van der Waals surface area contributed by atoms with E-state index in [1.165, 1.54) is 0 Å². The minimum Gasteiger partial charge on any atom is -0.483 e. The highest BCUT2D eigenvalue weighted by molar-refractivity contribution is 7.90. The van der Waals surface area contributed by atoms with Crippen LogP contribution in [0.2, 0.25) is 0 Å². The van der Waals surface area contributed by atoms with Gasteiger partial charge in [-0.05, 0) is 47.6 Å². The minimum absolute atomic E-state index is 0.154. The van der Waals surface area contributed by atoms with Gasteiger partial charge in [-0.2, -0.15) is 13.1 Å². The Labute approximate surface area is 210 Å². The van der Waals surface area contributed by atoms with Gasteiger partial charge in [0.05, 0.1) is 12.7 Å². The minimum atomic E-state index is -4.16. The van der Waals surface area contributed by atoms with Crippen molar-refractivity contribution < 1.29 is 27.8 Å². The van der Waals surface area contributed by atoms with Crippen molar-refractivity contribution in [2.24, 2.45) is 0 Å². The number of nitrogens with zero attached hydrogens (tertiary/aromatic N) is 1. The Kier molecular flexibility index (Phi) is 6.92. The highest BCUT2D eigenvalue weighted by Gasteiger charge is 2.59. The molecule has 0 aromatic heterocycles. The number of fused-ring (bicyclic) bond motifs is 1. The van der Waals surface area contributed by atoms with Crippen molar-refractivity contribution in [2.45, 2.75) is 38.6 Å². The summed E-state index contributed by atoms with van der Waals surface area (Å²) in [6.07, 6.45) is 1.12. The quantitative estimate of drug-likeness (QED) is 0.453. The number of quaternary nitrogens is 1. The number of aliphatic hydroxyl groups excluding tert-OH is 1. The van der Waals surface area contributed by atoms with Gasteiger partial charge in [-0.25, -0.2) is 4.79 Å². The average molecular weight is 510 g/mol. The molecule has 1 amide bonds. The largest absolute Gasteiger partial charge is 0.483 e. The second kappa shape index (κ2) is 10.1. The third kappa shape index (κ3) is 4.68. The summed E-state index contributed by atoms with van der Waals surface area (Å²) in [5, 5.41) is 10.2. The lowest BCUT2D eigenvalue weighted by Crippen LogP contribution is -2.56. The molecule has 188 valence electrons. The van der Waals surface area contributed by atoms with Crippen molar-refractivity contribution in [3.63, 3.8) is 0 Å². The zero-order valence-corrected chi connectivity index (χ0v) is 20.6. The second-order valence-corrected chi connectivity index (χ2v) is 11.0. The monoisotopic (exact) mass is 509 g/mol. The molecule has 1 aliphatic heterocycles. The Balaban J connectivity index is 1.56. The van der Waals surface area contributed by atoms with Crippen molar-refractivity contribution in [3.05, 3.63) is 95.1 Å². The highest BCUT2D eigenvalue weighted by Crippen LogP contribution is 2.42. The van der Waals surface area contributed by atoms with Gasteiger partial charge in [0.25, 0.3) is 0 Å². The van der Waals surface area contributed by atoms with Gasteiger partial charge in [0, 0.05) is 6.07 Å². The number of nitrogens with one attached hydrogen (secondary N) is 1. The Hall–Kier alpha value is -3.08. The Morgan fingerprint density at radius 1 is 0.944 bits per heavy atom. The Bertz CT molecular complexity index is 1350. The number of amides is 1. The molecule has 9 heteroatoms. The zero-order chi connectivity index (χ0) is 25.2. The van der Waals surface area contributed by atoms with Gasteiger partial charge in [-0.3, -0.25) is 0 Å². The molecule has 1 fully saturated rings. The molecule has 0 spiro atoms. The van der Waals surface area contributed by atoms with Gasteiger partial charge >= 0.3 is 16.1 Å². The third-order valence-corrected chi connectivity index (χ3v) is 8.55. The summed E-state index contributed by atoms with van der Waals surface area (Å²) in [5.41, 5.74) is 3.79. The molecule has 3 aromatic rings. The molecule has 8 nitrogen and oxygen atoms in total. The fourth-order valence-corrected chi connectivity index (χ4v) is 6.23. The van der Waals surface area contributed by atoms with Gasteiger partial charge in [-0.15, -0.1) is 0 Å². The average Bonchev–Trinajstić information content (AvgIpc) is 3.12. The number of aryl methyl sites for hydroxylation is 1. The number of carbonyl (C=O) groups excluding carboxylic acids is 1. The predicted octanol–water partition coefficient (Wildman–Crippen LogP) is 2.97. The maximum Gasteiger partial charge on any atom is 0.384 e. The van der Waals surface area contributed by atoms with Crippen LogP contribution in [0.3, 0.4) is 0 Å². The van der Waals surface area contributed by atoms with Gasteiger partial charge in [0.2, 0.25) is 12.4 Å². The van der Waals surface area contributed by atoms with Crippen LogP contribution < -0.4 is 13.3 Å². The molecule has 1 saturated heterocycles. The fourth-order valence-electron chi connectivity index (χ4n) is 4.75. The van der Waals surface area contributed by atoms with E-state index in [9.17, 15) is 18.3 Å². The summed E-state index contributed by atoms with van der Waals surface area (Å²) in [6.45, 7) is -0.375. The molecule has 1 heterocycles. The maximum atomic E-state index is 13.4. The first-order chi connectivity index (χ1) is 17.4. The standard InChI is InChI=1S/C27H29N2O6S/c30-24-12-11-22-14-25(26(15-23(22)13-24)35-18-21-9-5-2-6-10-21)29(27(31)16-28-36(29,32)33)19-34-17-20-7-3-1-4-8-20/h1-10,14-15,24,28,30H,11-13,16-19H2/q+1. The van der Waals surface area contributed by atoms with Crippen LogP contribution in [0.1, 0.15) is 28.7 Å². The molecular formula is C27H29N2O6S+. The number of hydrogen-bond donors (Lipinski definition) is 2. The summed E-state index contributed by atoms with van der Waals surface area (Å²) in [6, 6.07) is 22.4. The Morgan fingerprint density at radius 2 is 1.61 bits per heavy atom. The summed E-state index contributed by atoms with van der Waals surface area (Å²) in [5.74, 6) is -0.251. The van der Waals surface area contributed by atoms with Gasteiger partial charge in [0.15, 0.2) is 5.75 Å². The van der Waals surface area contributed by atoms with Crippen LogP contribution in [0.5, 0.6) is 5.75 Å². The lowest BCUT2D eigenvalue weighted by Gasteiger charge is -2.31. The number of ether oxygens (including phenoxy) is 2. The maximum absolute atomic E-state index is 13.4. The molecule has 2 N–H and O–H groups in total. The molecule has 5 rings (SSSR count). The molecule has 36 heavy (non-hydrogen) atoms. The van der Waals surface area contributed by atoms with E-state index in [4.69, 9.17) is 9.47 Å². The van der Waals surface area contributed by atoms with E-state index in [1.54, 1.807) is 12.1 Å². The lowest BCUT2D eigenvalue weighted by molar-refractivity contribution is -0.127. The van der Waals surface area contributed by atoms with Gasteiger partial charge in [-0.1, -0.05) is 64.6 Å². The molecule has 3 aromatic carbocycles. The highest BCUT2D eigenvalue weighted by atomic mass is 32.2. The van der Waals surface area contributed by atoms with Crippen LogP contribution in [-0.2, 0) is 45.8 Å². The van der Waals surface area contributed by atoms with Crippen LogP contribution in [0.4, 0.5) is 5.69 Å². The zero-order valence-electron chi connectivity index (χ0n) is 19.8. The first-order valence-electron chi connectivity index (χ1n) is 11.9. The van der Waals surface area contributed by atoms with Gasteiger partial charge < -0.3 is 14.6 Å². The number of benzene rings is 3. The van der Waals surface area contributed by atoms with Crippen LogP contribution >= 0.6 is 0 Å². The number of rotatable bonds is 8. The molecule has 2 aliphatic rings. The van der Waals surface area contributed by atoms with Crippen molar-refractivity contribution >= 4 is 21.8 Å². The molecule has 2 atom stereocenters. The van der Waals surface area contributed by atoms with Crippen molar-refractivity contribution in [3.8, 4) is 5.75 Å². The van der Waals surface area contributed by atoms with Gasteiger partial charge in [0.1, 0.15) is 13.2 Å². The van der Waals surface area contributed by atoms with Crippen LogP contribution in [0.15, 0.2) is 72.8 Å². The van der Waals surface area contributed by atoms with Crippen LogP contribution in [0.25, 0.3) is 0 Å². The number of hydrogen-bond acceptors (Lipinski definition) is 6. The molecule has 1 aliphatic carbocycles. The predicted molar refractivity (Wildman–Crippen MR) is 135 cm³/mol. The molecule has 0 saturated carbocycles. The first-order valence-corrected chi connectivity index (χ1v) is 13.4. The van der Waals surface area contributed by atoms with Crippen LogP contribution in [-0.4, -0.2) is 38.8 Å². The van der Waals surface area contributed by atoms with E-state index < -0.39 is 32.8 Å². The normalized spacial score (nSPS) is 22.8. The van der Waals surface area contributed by atoms with E-state index in [0.29, 0.717) is 19.3 Å². The SMILES string of the molecule is O=C1CNS(=O)(=O)[N+]1(COCc1ccccc1)c1cc2c(cc1OCc1ccccc1)CC(O)CC2. The first kappa shape index (κ1) is 24.6. The van der Waals surface area contributed by atoms with Crippen molar-refractivity contribution in [1.29, 1.82) is 0 Å². The van der Waals surface area contributed by atoms with E-state index >= 15 is 0 Å². The molecule has 2 unspecified atom stereocenters. The summed E-state index contributed by atoms with van der Waals surface area (Å²) < 4.78 is 40.3. The summed E-state index contributed by atoms with van der Waals surface area (Å²) in [4.78, 5) is 13.4. The topological polar surface area (TPSA) is 102 Å². The Morgan fingerprint density at radius 3 is 2.25 bits per heavy atom. The smallest absolute Gasteiger partial charge is 0.384 e. The van der Waals surface area contributed by atoms with E-state index in [1.807, 2.05) is 60.7 Å². The molecule has 0 bridgehead atoms. The molecular weight excluding hydrogens is 480 g/mol.